The van der Waals surface area contributed by atoms with Crippen LogP contribution in [0.25, 0.3) is 5.57 Å². The van der Waals surface area contributed by atoms with Crippen molar-refractivity contribution in [2.75, 3.05) is 26.7 Å². The quantitative estimate of drug-likeness (QED) is 0.747. The van der Waals surface area contributed by atoms with Crippen molar-refractivity contribution in [3.8, 4) is 0 Å². The molecule has 3 rings (SSSR count). The van der Waals surface area contributed by atoms with Gasteiger partial charge >= 0.3 is 11.9 Å². The molecule has 1 aromatic rings. The fourth-order valence-corrected chi connectivity index (χ4v) is 4.10. The summed E-state index contributed by atoms with van der Waals surface area (Å²) in [5, 5.41) is 13.2. The Labute approximate surface area is 159 Å². The number of likely N-dealkylation sites (tertiary alicyclic amines) is 1. The normalized spacial score (nSPS) is 26.1. The molecular formula is C21H26N2O4. The number of nitrogens with zero attached hydrogens (tertiary/aromatic N) is 1. The first-order chi connectivity index (χ1) is 13.0. The molecule has 1 fully saturated rings. The summed E-state index contributed by atoms with van der Waals surface area (Å²) in [6.45, 7) is 3.37. The molecule has 0 aromatic heterocycles. The summed E-state index contributed by atoms with van der Waals surface area (Å²) in [6, 6.07) is 9.63. The Kier molecular flexibility index (Phi) is 5.65. The van der Waals surface area contributed by atoms with E-state index in [1.165, 1.54) is 0 Å². The number of aliphatic carboxylic acids is 1. The second-order valence-electron chi connectivity index (χ2n) is 7.16. The molecule has 0 spiro atoms. The van der Waals surface area contributed by atoms with Crippen LogP contribution in [-0.2, 0) is 14.3 Å². The average Bonchev–Trinajstić information content (AvgIpc) is 3.08. The number of dihydropyridines is 1. The molecule has 1 saturated heterocycles. The van der Waals surface area contributed by atoms with E-state index in [0.717, 1.165) is 24.1 Å². The van der Waals surface area contributed by atoms with E-state index >= 15 is 0 Å². The Morgan fingerprint density at radius 1 is 1.37 bits per heavy atom. The van der Waals surface area contributed by atoms with Gasteiger partial charge in [0.1, 0.15) is 0 Å². The molecule has 3 atom stereocenters. The first-order valence-electron chi connectivity index (χ1n) is 9.29. The van der Waals surface area contributed by atoms with E-state index in [4.69, 9.17) is 4.74 Å². The number of hydrogen-bond donors (Lipinski definition) is 2. The van der Waals surface area contributed by atoms with Crippen LogP contribution in [0.15, 0.2) is 48.7 Å². The Hall–Kier alpha value is -2.60. The van der Waals surface area contributed by atoms with Gasteiger partial charge in [-0.3, -0.25) is 4.79 Å². The number of carbonyl (C=O) groups is 2. The zero-order valence-corrected chi connectivity index (χ0v) is 15.7. The summed E-state index contributed by atoms with van der Waals surface area (Å²) in [6.07, 6.45) is 5.98. The predicted octanol–water partition coefficient (Wildman–Crippen LogP) is 2.14. The van der Waals surface area contributed by atoms with Crippen LogP contribution in [0.2, 0.25) is 0 Å². The molecule has 144 valence electrons. The molecule has 27 heavy (non-hydrogen) atoms. The highest BCUT2D eigenvalue weighted by Gasteiger charge is 2.54. The molecular weight excluding hydrogens is 344 g/mol. The van der Waals surface area contributed by atoms with Crippen LogP contribution in [0, 0.1) is 11.8 Å². The summed E-state index contributed by atoms with van der Waals surface area (Å²) in [5.74, 6) is -2.62. The average molecular weight is 370 g/mol. The monoisotopic (exact) mass is 370 g/mol. The van der Waals surface area contributed by atoms with Gasteiger partial charge in [0.25, 0.3) is 0 Å². The fourth-order valence-electron chi connectivity index (χ4n) is 4.10. The topological polar surface area (TPSA) is 78.9 Å². The van der Waals surface area contributed by atoms with E-state index in [-0.39, 0.29) is 12.5 Å². The number of rotatable bonds is 6. The zero-order valence-electron chi connectivity index (χ0n) is 15.7. The zero-order chi connectivity index (χ0) is 19.4. The number of ether oxygens (including phenoxy) is 1. The molecule has 0 bridgehead atoms. The number of carbonyl (C=O) groups excluding carboxylic acids is 1. The summed E-state index contributed by atoms with van der Waals surface area (Å²) in [5.41, 5.74) is 0.300. The Morgan fingerprint density at radius 3 is 2.70 bits per heavy atom. The molecule has 6 nitrogen and oxygen atoms in total. The van der Waals surface area contributed by atoms with E-state index < -0.39 is 23.4 Å². The van der Waals surface area contributed by atoms with E-state index in [0.29, 0.717) is 6.54 Å². The minimum atomic E-state index is -1.43. The van der Waals surface area contributed by atoms with Crippen molar-refractivity contribution in [2.45, 2.75) is 18.9 Å². The summed E-state index contributed by atoms with van der Waals surface area (Å²) < 4.78 is 5.33. The molecule has 2 heterocycles. The highest BCUT2D eigenvalue weighted by molar-refractivity contribution is 5.94. The van der Waals surface area contributed by atoms with Gasteiger partial charge < -0.3 is 20.1 Å². The standard InChI is InChI=1S/C21H26N2O4/c1-3-27-20(26)21(18(19(24)25)17-10-12-23(2)14-17)13-16(9-11-22-21)15-7-5-4-6-8-15/h4-9,11,13,17-18,22H,3,10,12,14H2,1-2H3,(H,24,25). The summed E-state index contributed by atoms with van der Waals surface area (Å²) in [7, 11) is 1.97. The molecule has 2 aliphatic rings. The fraction of sp³-hybridized carbons (Fsp3) is 0.429. The van der Waals surface area contributed by atoms with Crippen molar-refractivity contribution in [3.63, 3.8) is 0 Å². The minimum Gasteiger partial charge on any atom is -0.481 e. The molecule has 0 radical (unpaired) electrons. The lowest BCUT2D eigenvalue weighted by atomic mass is 9.72. The predicted molar refractivity (Wildman–Crippen MR) is 103 cm³/mol. The number of carboxylic acid groups (broad SMARTS) is 1. The van der Waals surface area contributed by atoms with Crippen molar-refractivity contribution in [1.82, 2.24) is 10.2 Å². The highest BCUT2D eigenvalue weighted by Crippen LogP contribution is 2.37. The first kappa shape index (κ1) is 19.2. The van der Waals surface area contributed by atoms with Crippen LogP contribution >= 0.6 is 0 Å². The molecule has 0 saturated carbocycles. The first-order valence-corrected chi connectivity index (χ1v) is 9.29. The van der Waals surface area contributed by atoms with E-state index in [1.807, 2.05) is 43.5 Å². The Morgan fingerprint density at radius 2 is 2.11 bits per heavy atom. The minimum absolute atomic E-state index is 0.149. The SMILES string of the molecule is CCOC(=O)C1(C(C(=O)O)C2CCN(C)C2)C=C(c2ccccc2)C=CN1. The lowest BCUT2D eigenvalue weighted by Gasteiger charge is -2.39. The van der Waals surface area contributed by atoms with Gasteiger partial charge in [-0.1, -0.05) is 30.3 Å². The van der Waals surface area contributed by atoms with Crippen LogP contribution < -0.4 is 5.32 Å². The van der Waals surface area contributed by atoms with Crippen molar-refractivity contribution in [3.05, 3.63) is 54.2 Å². The molecule has 0 amide bonds. The third-order valence-electron chi connectivity index (χ3n) is 5.34. The Bertz CT molecular complexity index is 759. The van der Waals surface area contributed by atoms with Crippen molar-refractivity contribution < 1.29 is 19.4 Å². The number of carboxylic acids is 1. The third kappa shape index (κ3) is 3.76. The van der Waals surface area contributed by atoms with Gasteiger partial charge in [-0.25, -0.2) is 4.79 Å². The van der Waals surface area contributed by atoms with Gasteiger partial charge in [0.05, 0.1) is 12.5 Å². The van der Waals surface area contributed by atoms with Crippen molar-refractivity contribution in [1.29, 1.82) is 0 Å². The number of hydrogen-bond acceptors (Lipinski definition) is 5. The molecule has 2 N–H and O–H groups in total. The van der Waals surface area contributed by atoms with E-state index in [2.05, 4.69) is 10.2 Å². The number of allylic oxidation sites excluding steroid dienone is 2. The van der Waals surface area contributed by atoms with Crippen LogP contribution in [0.4, 0.5) is 0 Å². The third-order valence-corrected chi connectivity index (χ3v) is 5.34. The van der Waals surface area contributed by atoms with Gasteiger partial charge in [0.15, 0.2) is 5.54 Å². The van der Waals surface area contributed by atoms with Crippen LogP contribution in [0.3, 0.4) is 0 Å². The molecule has 3 unspecified atom stereocenters. The van der Waals surface area contributed by atoms with Gasteiger partial charge in [0.2, 0.25) is 0 Å². The van der Waals surface area contributed by atoms with Crippen LogP contribution in [-0.4, -0.2) is 54.2 Å². The lowest BCUT2D eigenvalue weighted by Crippen LogP contribution is -2.60. The smallest absolute Gasteiger partial charge is 0.336 e. The molecule has 0 aliphatic carbocycles. The number of esters is 1. The van der Waals surface area contributed by atoms with Gasteiger partial charge in [-0.05, 0) is 62.3 Å². The number of nitrogens with one attached hydrogen (secondary N) is 1. The van der Waals surface area contributed by atoms with Crippen LogP contribution in [0.1, 0.15) is 18.9 Å². The maximum absolute atomic E-state index is 13.0. The van der Waals surface area contributed by atoms with Crippen LogP contribution in [0.5, 0.6) is 0 Å². The largest absolute Gasteiger partial charge is 0.481 e. The number of benzene rings is 1. The van der Waals surface area contributed by atoms with Crippen molar-refractivity contribution >= 4 is 17.5 Å². The van der Waals surface area contributed by atoms with E-state index in [9.17, 15) is 14.7 Å². The maximum atomic E-state index is 13.0. The van der Waals surface area contributed by atoms with Crippen molar-refractivity contribution in [2.24, 2.45) is 11.8 Å². The maximum Gasteiger partial charge on any atom is 0.336 e. The Balaban J connectivity index is 2.09. The molecule has 1 aromatic carbocycles. The second-order valence-corrected chi connectivity index (χ2v) is 7.16. The lowest BCUT2D eigenvalue weighted by molar-refractivity contribution is -0.160. The van der Waals surface area contributed by atoms with Gasteiger partial charge in [0, 0.05) is 6.54 Å². The molecule has 2 aliphatic heterocycles. The summed E-state index contributed by atoms with van der Waals surface area (Å²) >= 11 is 0. The second kappa shape index (κ2) is 7.96. The highest BCUT2D eigenvalue weighted by atomic mass is 16.5. The molecule has 6 heteroatoms. The van der Waals surface area contributed by atoms with Gasteiger partial charge in [-0.2, -0.15) is 0 Å². The van der Waals surface area contributed by atoms with E-state index in [1.54, 1.807) is 19.2 Å². The van der Waals surface area contributed by atoms with Gasteiger partial charge in [-0.15, -0.1) is 0 Å². The summed E-state index contributed by atoms with van der Waals surface area (Å²) in [4.78, 5) is 27.5.